The van der Waals surface area contributed by atoms with Crippen molar-refractivity contribution in [3.8, 4) is 0 Å². The van der Waals surface area contributed by atoms with Crippen molar-refractivity contribution < 1.29 is 9.00 Å². The van der Waals surface area contributed by atoms with Crippen LogP contribution in [0.4, 0.5) is 4.79 Å². The Balaban J connectivity index is 1.43. The van der Waals surface area contributed by atoms with Crippen LogP contribution in [0.3, 0.4) is 0 Å². The van der Waals surface area contributed by atoms with Gasteiger partial charge in [0.05, 0.1) is 4.75 Å². The Morgan fingerprint density at radius 1 is 1.25 bits per heavy atom. The third kappa shape index (κ3) is 4.00. The van der Waals surface area contributed by atoms with Gasteiger partial charge in [-0.3, -0.25) is 4.21 Å². The Morgan fingerprint density at radius 3 is 2.46 bits per heavy atom. The molecule has 0 spiro atoms. The van der Waals surface area contributed by atoms with Crippen LogP contribution in [0.5, 0.6) is 0 Å². The standard InChI is InChI=1S/C19H28N2O2S/c1-24(23)19(10-5-11-19)15-20-18(22)21-12-8-17(9-13-21)14-16-6-3-2-4-7-16/h2-4,6-7,17H,5,8-15H2,1H3,(H,20,22)/t24-/m1/s1. The summed E-state index contributed by atoms with van der Waals surface area (Å²) in [6.45, 7) is 2.20. The van der Waals surface area contributed by atoms with Crippen LogP contribution in [0.2, 0.25) is 0 Å². The van der Waals surface area contributed by atoms with E-state index < -0.39 is 10.8 Å². The van der Waals surface area contributed by atoms with Crippen molar-refractivity contribution in [2.75, 3.05) is 25.9 Å². The van der Waals surface area contributed by atoms with E-state index in [1.165, 1.54) is 5.56 Å². The fourth-order valence-corrected chi connectivity index (χ4v) is 4.91. The first-order valence-corrected chi connectivity index (χ1v) is 10.6. The van der Waals surface area contributed by atoms with E-state index in [2.05, 4.69) is 35.6 Å². The summed E-state index contributed by atoms with van der Waals surface area (Å²) in [5.74, 6) is 0.664. The topological polar surface area (TPSA) is 49.4 Å². The van der Waals surface area contributed by atoms with Crippen LogP contribution in [0.25, 0.3) is 0 Å². The first-order valence-electron chi connectivity index (χ1n) is 8.99. The molecule has 2 aliphatic rings. The van der Waals surface area contributed by atoms with Crippen LogP contribution >= 0.6 is 0 Å². The minimum Gasteiger partial charge on any atom is -0.336 e. The number of rotatable bonds is 5. The van der Waals surface area contributed by atoms with E-state index >= 15 is 0 Å². The number of carbonyl (C=O) groups is 1. The second kappa shape index (κ2) is 7.68. The van der Waals surface area contributed by atoms with Crippen molar-refractivity contribution in [2.24, 2.45) is 5.92 Å². The zero-order valence-corrected chi connectivity index (χ0v) is 15.3. The summed E-state index contributed by atoms with van der Waals surface area (Å²) >= 11 is 0. The molecule has 1 heterocycles. The summed E-state index contributed by atoms with van der Waals surface area (Å²) in [5.41, 5.74) is 1.39. The van der Waals surface area contributed by atoms with E-state index in [9.17, 15) is 9.00 Å². The van der Waals surface area contributed by atoms with Crippen molar-refractivity contribution in [1.29, 1.82) is 0 Å². The van der Waals surface area contributed by atoms with Gasteiger partial charge in [-0.25, -0.2) is 4.79 Å². The number of hydrogen-bond acceptors (Lipinski definition) is 2. The maximum absolute atomic E-state index is 12.4. The van der Waals surface area contributed by atoms with Crippen LogP contribution in [0.1, 0.15) is 37.7 Å². The molecule has 0 unspecified atom stereocenters. The van der Waals surface area contributed by atoms with Crippen molar-refractivity contribution >= 4 is 16.8 Å². The number of benzene rings is 1. The number of nitrogens with one attached hydrogen (secondary N) is 1. The molecule has 0 aromatic heterocycles. The highest BCUT2D eigenvalue weighted by molar-refractivity contribution is 7.85. The van der Waals surface area contributed by atoms with Crippen LogP contribution < -0.4 is 5.32 Å². The fraction of sp³-hybridized carbons (Fsp3) is 0.632. The molecule has 1 atom stereocenters. The maximum Gasteiger partial charge on any atom is 0.317 e. The molecule has 1 saturated heterocycles. The van der Waals surface area contributed by atoms with Gasteiger partial charge in [0, 0.05) is 36.7 Å². The number of nitrogens with zero attached hydrogens (tertiary/aromatic N) is 1. The summed E-state index contributed by atoms with van der Waals surface area (Å²) in [6, 6.07) is 10.6. The third-order valence-corrected chi connectivity index (χ3v) is 7.48. The highest BCUT2D eigenvalue weighted by Crippen LogP contribution is 2.36. The van der Waals surface area contributed by atoms with E-state index in [-0.39, 0.29) is 10.8 Å². The highest BCUT2D eigenvalue weighted by atomic mass is 32.2. The number of carbonyl (C=O) groups excluding carboxylic acids is 1. The van der Waals surface area contributed by atoms with Gasteiger partial charge in [-0.1, -0.05) is 36.8 Å². The van der Waals surface area contributed by atoms with Crippen molar-refractivity contribution in [3.05, 3.63) is 35.9 Å². The Kier molecular flexibility index (Phi) is 5.59. The molecule has 1 aromatic carbocycles. The highest BCUT2D eigenvalue weighted by Gasteiger charge is 2.41. The molecule has 1 aromatic rings. The first-order chi connectivity index (χ1) is 11.6. The molecule has 4 nitrogen and oxygen atoms in total. The van der Waals surface area contributed by atoms with Crippen LogP contribution in [0, 0.1) is 5.92 Å². The summed E-state index contributed by atoms with van der Waals surface area (Å²) in [4.78, 5) is 14.3. The molecule has 0 radical (unpaired) electrons. The minimum atomic E-state index is -0.865. The summed E-state index contributed by atoms with van der Waals surface area (Å²) in [5, 5.41) is 3.03. The van der Waals surface area contributed by atoms with Gasteiger partial charge in [-0.05, 0) is 43.6 Å². The molecule has 132 valence electrons. The predicted octanol–water partition coefficient (Wildman–Crippen LogP) is 2.95. The van der Waals surface area contributed by atoms with E-state index in [0.717, 1.165) is 51.6 Å². The lowest BCUT2D eigenvalue weighted by molar-refractivity contribution is 0.167. The Hall–Kier alpha value is -1.36. The molecule has 3 rings (SSSR count). The molecule has 2 amide bonds. The molecular formula is C19H28N2O2S. The lowest BCUT2D eigenvalue weighted by atomic mass is 9.84. The maximum atomic E-state index is 12.4. The Bertz CT molecular complexity index is 578. The van der Waals surface area contributed by atoms with E-state index in [1.54, 1.807) is 6.26 Å². The van der Waals surface area contributed by atoms with Gasteiger partial charge in [0.25, 0.3) is 0 Å². The van der Waals surface area contributed by atoms with Crippen LogP contribution in [0.15, 0.2) is 30.3 Å². The van der Waals surface area contributed by atoms with Crippen LogP contribution in [-0.2, 0) is 17.2 Å². The normalized spacial score (nSPS) is 21.8. The molecule has 1 saturated carbocycles. The molecular weight excluding hydrogens is 320 g/mol. The van der Waals surface area contributed by atoms with Crippen molar-refractivity contribution in [3.63, 3.8) is 0 Å². The fourth-order valence-electron chi connectivity index (χ4n) is 3.77. The van der Waals surface area contributed by atoms with Gasteiger partial charge < -0.3 is 10.2 Å². The Morgan fingerprint density at radius 2 is 1.92 bits per heavy atom. The molecule has 2 fully saturated rings. The van der Waals surface area contributed by atoms with Gasteiger partial charge >= 0.3 is 6.03 Å². The minimum absolute atomic E-state index is 0.0184. The molecule has 1 N–H and O–H groups in total. The zero-order chi connectivity index (χ0) is 17.0. The number of hydrogen-bond donors (Lipinski definition) is 1. The quantitative estimate of drug-likeness (QED) is 0.889. The van der Waals surface area contributed by atoms with E-state index in [4.69, 9.17) is 0 Å². The van der Waals surface area contributed by atoms with Gasteiger partial charge in [0.2, 0.25) is 0 Å². The third-order valence-electron chi connectivity index (χ3n) is 5.71. The molecule has 5 heteroatoms. The number of piperidine rings is 1. The monoisotopic (exact) mass is 348 g/mol. The predicted molar refractivity (Wildman–Crippen MR) is 98.5 cm³/mol. The smallest absolute Gasteiger partial charge is 0.317 e. The van der Waals surface area contributed by atoms with Gasteiger partial charge in [-0.15, -0.1) is 0 Å². The molecule has 1 aliphatic heterocycles. The molecule has 24 heavy (non-hydrogen) atoms. The van der Waals surface area contributed by atoms with E-state index in [1.807, 2.05) is 4.90 Å². The second-order valence-electron chi connectivity index (χ2n) is 7.27. The number of urea groups is 1. The van der Waals surface area contributed by atoms with Crippen LogP contribution in [-0.4, -0.2) is 45.8 Å². The second-order valence-corrected chi connectivity index (χ2v) is 9.04. The summed E-state index contributed by atoms with van der Waals surface area (Å²) < 4.78 is 11.7. The van der Waals surface area contributed by atoms with Crippen molar-refractivity contribution in [2.45, 2.75) is 43.3 Å². The average molecular weight is 349 g/mol. The lowest BCUT2D eigenvalue weighted by Gasteiger charge is -2.40. The van der Waals surface area contributed by atoms with Crippen molar-refractivity contribution in [1.82, 2.24) is 10.2 Å². The number of amides is 2. The molecule has 1 aliphatic carbocycles. The average Bonchev–Trinajstić information content (AvgIpc) is 2.55. The largest absolute Gasteiger partial charge is 0.336 e. The lowest BCUT2D eigenvalue weighted by Crippen LogP contribution is -2.54. The van der Waals surface area contributed by atoms with Gasteiger partial charge in [0.1, 0.15) is 0 Å². The van der Waals surface area contributed by atoms with E-state index in [0.29, 0.717) is 12.5 Å². The SMILES string of the molecule is C[S@@](=O)C1(CNC(=O)N2CCC(Cc3ccccc3)CC2)CCC1. The van der Waals surface area contributed by atoms with Gasteiger partial charge in [-0.2, -0.15) is 0 Å². The molecule has 0 bridgehead atoms. The summed E-state index contributed by atoms with van der Waals surface area (Å²) in [6.07, 6.45) is 8.06. The zero-order valence-electron chi connectivity index (χ0n) is 14.5. The Labute approximate surface area is 147 Å². The van der Waals surface area contributed by atoms with Gasteiger partial charge in [0.15, 0.2) is 0 Å². The first kappa shape index (κ1) is 17.5. The number of likely N-dealkylation sites (tertiary alicyclic amines) is 1. The summed E-state index contributed by atoms with van der Waals surface area (Å²) in [7, 11) is -0.865.